The van der Waals surface area contributed by atoms with Crippen molar-refractivity contribution in [2.75, 3.05) is 0 Å². The lowest BCUT2D eigenvalue weighted by Crippen LogP contribution is -2.41. The Bertz CT molecular complexity index is 5130. The number of hydrogen-bond acceptors (Lipinski definition) is 4. The van der Waals surface area contributed by atoms with E-state index >= 15 is 0 Å². The summed E-state index contributed by atoms with van der Waals surface area (Å²) in [5.74, 6) is 0. The summed E-state index contributed by atoms with van der Waals surface area (Å²) in [6.07, 6.45) is 0. The van der Waals surface area contributed by atoms with Gasteiger partial charge >= 0.3 is 7.12 Å². The van der Waals surface area contributed by atoms with Crippen LogP contribution < -0.4 is 5.46 Å². The first-order valence-electron chi connectivity index (χ1n) is 28.8. The van der Waals surface area contributed by atoms with E-state index in [0.29, 0.717) is 0 Å². The molecule has 1 aliphatic rings. The summed E-state index contributed by atoms with van der Waals surface area (Å²) in [6.45, 7) is 8.25. The molecule has 0 unspecified atom stereocenters. The standard InChI is InChI=1S/C36H22O.C24H15Br.C18H19BO3/c1-2-11-24-22-25(21-20-23(24)10-1)34-27-13-3-5-15-29(27)35(30-16-6-4-14-28(30)34)32-18-9-17-31-26-12-7-8-19-33(26)37-36(31)32;25-24-21-11-5-3-9-19(21)23(20-10-4-6-12-22(20)24)18-14-13-16-7-1-2-8-17(16)15-18;1-17(2)18(3,4)22-19(21-17)14-10-7-9-13-12-8-5-6-11-15(12)20-16(13)14/h1-22H;1-15H;5-11H,1-4H3. The lowest BCUT2D eigenvalue weighted by Gasteiger charge is -2.32. The molecule has 0 N–H and O–H groups in total. The average Bonchev–Trinajstić information content (AvgIpc) is 2.24. The fraction of sp³-hybridized carbons (Fsp3) is 0.0769. The molecule has 0 aliphatic carbocycles. The van der Waals surface area contributed by atoms with Gasteiger partial charge in [0.15, 0.2) is 0 Å². The van der Waals surface area contributed by atoms with Gasteiger partial charge < -0.3 is 18.1 Å². The van der Waals surface area contributed by atoms with E-state index in [0.717, 1.165) is 54.9 Å². The molecule has 0 saturated carbocycles. The maximum Gasteiger partial charge on any atom is 0.498 e. The van der Waals surface area contributed by atoms with Crippen molar-refractivity contribution in [1.29, 1.82) is 0 Å². The number of rotatable bonds is 4. The number of halogens is 1. The van der Waals surface area contributed by atoms with Crippen LogP contribution in [0.1, 0.15) is 27.7 Å². The molecule has 2 aromatic heterocycles. The third-order valence-electron chi connectivity index (χ3n) is 17.5. The van der Waals surface area contributed by atoms with Crippen LogP contribution in [0, 0.1) is 0 Å². The van der Waals surface area contributed by atoms with Crippen molar-refractivity contribution in [1.82, 2.24) is 0 Å². The van der Waals surface area contributed by atoms with Crippen LogP contribution >= 0.6 is 15.9 Å². The van der Waals surface area contributed by atoms with E-state index in [9.17, 15) is 0 Å². The summed E-state index contributed by atoms with van der Waals surface area (Å²) >= 11 is 3.83. The molecule has 16 aromatic rings. The SMILES string of the molecule is Brc1c2ccccc2c(-c2ccc3ccccc3c2)c2ccccc12.CC1(C)OB(c2cccc3c2oc2ccccc23)OC1(C)C.c1ccc2cc(-c3c4ccccc4c(-c4cccc5c4oc4ccccc45)c4ccccc34)ccc2c1. The summed E-state index contributed by atoms with van der Waals surface area (Å²) in [5, 5.41) is 19.6. The van der Waals surface area contributed by atoms with Gasteiger partial charge in [0.25, 0.3) is 0 Å². The van der Waals surface area contributed by atoms with Gasteiger partial charge in [-0.25, -0.2) is 0 Å². The summed E-state index contributed by atoms with van der Waals surface area (Å²) in [7, 11) is -0.408. The van der Waals surface area contributed by atoms with Crippen LogP contribution in [0.4, 0.5) is 0 Å². The Labute approximate surface area is 495 Å². The fourth-order valence-corrected chi connectivity index (χ4v) is 13.4. The Balaban J connectivity index is 0.000000112. The number of furan rings is 2. The summed E-state index contributed by atoms with van der Waals surface area (Å²) in [5.41, 5.74) is 11.3. The lowest BCUT2D eigenvalue weighted by atomic mass is 9.78. The molecule has 4 nitrogen and oxygen atoms in total. The summed E-state index contributed by atoms with van der Waals surface area (Å²) in [6, 6.07) is 94.6. The Morgan fingerprint density at radius 1 is 0.298 bits per heavy atom. The minimum Gasteiger partial charge on any atom is -0.456 e. The fourth-order valence-electron chi connectivity index (χ4n) is 12.7. The molecule has 1 aliphatic heterocycles. The first-order chi connectivity index (χ1) is 41.1. The molecule has 0 bridgehead atoms. The van der Waals surface area contributed by atoms with Crippen LogP contribution in [-0.4, -0.2) is 18.3 Å². The van der Waals surface area contributed by atoms with Crippen molar-refractivity contribution in [2.45, 2.75) is 38.9 Å². The van der Waals surface area contributed by atoms with E-state index in [1.807, 2.05) is 36.4 Å². The van der Waals surface area contributed by atoms with Crippen LogP contribution in [0.15, 0.2) is 280 Å². The van der Waals surface area contributed by atoms with Gasteiger partial charge in [0, 0.05) is 42.6 Å². The van der Waals surface area contributed by atoms with E-state index in [1.165, 1.54) is 96.9 Å². The van der Waals surface area contributed by atoms with E-state index in [-0.39, 0.29) is 11.2 Å². The second-order valence-electron chi connectivity index (χ2n) is 22.9. The lowest BCUT2D eigenvalue weighted by molar-refractivity contribution is 0.00578. The van der Waals surface area contributed by atoms with Crippen LogP contribution in [0.5, 0.6) is 0 Å². The molecule has 17 rings (SSSR count). The van der Waals surface area contributed by atoms with Crippen molar-refractivity contribution < 1.29 is 18.1 Å². The maximum absolute atomic E-state index is 6.50. The molecule has 3 heterocycles. The molecular formula is C78H56BBrO4. The highest BCUT2D eigenvalue weighted by Gasteiger charge is 2.52. The van der Waals surface area contributed by atoms with Crippen LogP contribution in [0.2, 0.25) is 0 Å². The molecule has 6 heteroatoms. The van der Waals surface area contributed by atoms with Crippen LogP contribution in [0.3, 0.4) is 0 Å². The topological polar surface area (TPSA) is 44.7 Å². The molecule has 84 heavy (non-hydrogen) atoms. The molecule has 402 valence electrons. The van der Waals surface area contributed by atoms with Crippen LogP contribution in [-0.2, 0) is 9.31 Å². The highest BCUT2D eigenvalue weighted by molar-refractivity contribution is 9.10. The van der Waals surface area contributed by atoms with Gasteiger partial charge in [0.05, 0.1) is 11.2 Å². The Morgan fingerprint density at radius 2 is 0.643 bits per heavy atom. The highest BCUT2D eigenvalue weighted by atomic mass is 79.9. The van der Waals surface area contributed by atoms with E-state index in [1.54, 1.807) is 0 Å². The van der Waals surface area contributed by atoms with Gasteiger partial charge in [0.2, 0.25) is 0 Å². The summed E-state index contributed by atoms with van der Waals surface area (Å²) < 4.78 is 26.1. The molecule has 0 radical (unpaired) electrons. The van der Waals surface area contributed by atoms with E-state index in [4.69, 9.17) is 18.1 Å². The van der Waals surface area contributed by atoms with Gasteiger partial charge in [-0.1, -0.05) is 243 Å². The van der Waals surface area contributed by atoms with Crippen molar-refractivity contribution >= 4 is 137 Å². The third-order valence-corrected chi connectivity index (χ3v) is 18.3. The van der Waals surface area contributed by atoms with Gasteiger partial charge in [-0.2, -0.15) is 0 Å². The van der Waals surface area contributed by atoms with Crippen molar-refractivity contribution in [3.8, 4) is 33.4 Å². The third kappa shape index (κ3) is 8.66. The van der Waals surface area contributed by atoms with Crippen molar-refractivity contribution in [3.05, 3.63) is 271 Å². The zero-order valence-corrected chi connectivity index (χ0v) is 48.6. The summed E-state index contributed by atoms with van der Waals surface area (Å²) in [4.78, 5) is 0. The van der Waals surface area contributed by atoms with Gasteiger partial charge in [-0.05, 0) is 155 Å². The van der Waals surface area contributed by atoms with Gasteiger partial charge in [-0.3, -0.25) is 0 Å². The normalized spacial score (nSPS) is 13.8. The number of hydrogen-bond donors (Lipinski definition) is 0. The average molecular weight is 1150 g/mol. The zero-order chi connectivity index (χ0) is 56.7. The molecular weight excluding hydrogens is 1090 g/mol. The van der Waals surface area contributed by atoms with E-state index < -0.39 is 7.12 Å². The second-order valence-corrected chi connectivity index (χ2v) is 23.7. The van der Waals surface area contributed by atoms with Gasteiger partial charge in [-0.15, -0.1) is 0 Å². The van der Waals surface area contributed by atoms with E-state index in [2.05, 4.69) is 274 Å². The van der Waals surface area contributed by atoms with Gasteiger partial charge in [0.1, 0.15) is 22.3 Å². The first-order valence-corrected chi connectivity index (χ1v) is 29.5. The first kappa shape index (κ1) is 51.6. The number of para-hydroxylation sites is 4. The van der Waals surface area contributed by atoms with Crippen LogP contribution in [0.25, 0.3) is 142 Å². The predicted octanol–water partition coefficient (Wildman–Crippen LogP) is 21.8. The maximum atomic E-state index is 6.50. The molecule has 0 amide bonds. The highest BCUT2D eigenvalue weighted by Crippen LogP contribution is 2.48. The van der Waals surface area contributed by atoms with Crippen molar-refractivity contribution in [2.24, 2.45) is 0 Å². The Hall–Kier alpha value is -9.30. The quantitative estimate of drug-likeness (QED) is 0.130. The Morgan fingerprint density at radius 3 is 1.12 bits per heavy atom. The van der Waals surface area contributed by atoms with Crippen molar-refractivity contribution in [3.63, 3.8) is 0 Å². The molecule has 1 saturated heterocycles. The molecule has 14 aromatic carbocycles. The second kappa shape index (κ2) is 20.5. The monoisotopic (exact) mass is 1150 g/mol. The zero-order valence-electron chi connectivity index (χ0n) is 47.0. The molecule has 0 spiro atoms. The predicted molar refractivity (Wildman–Crippen MR) is 359 cm³/mol. The largest absolute Gasteiger partial charge is 0.498 e. The number of benzene rings is 14. The molecule has 1 fully saturated rings. The molecule has 0 atom stereocenters. The minimum absolute atomic E-state index is 0.355. The minimum atomic E-state index is -0.408. The number of fused-ring (bicyclic) bond motifs is 12. The smallest absolute Gasteiger partial charge is 0.456 e. The Kier molecular flexibility index (Phi) is 12.6.